The topological polar surface area (TPSA) is 112 Å². The van der Waals surface area contributed by atoms with Crippen LogP contribution < -0.4 is 0 Å². The van der Waals surface area contributed by atoms with Crippen LogP contribution in [0.5, 0.6) is 0 Å². The van der Waals surface area contributed by atoms with Gasteiger partial charge in [0.15, 0.2) is 5.76 Å². The van der Waals surface area contributed by atoms with Crippen LogP contribution in [0.4, 0.5) is 0 Å². The largest absolute Gasteiger partial charge is 0.505 e. The van der Waals surface area contributed by atoms with Crippen molar-refractivity contribution < 1.29 is 28.0 Å². The van der Waals surface area contributed by atoms with Gasteiger partial charge in [-0.25, -0.2) is 0 Å². The van der Waals surface area contributed by atoms with Crippen LogP contribution in [0.1, 0.15) is 13.3 Å². The van der Waals surface area contributed by atoms with E-state index in [0.29, 0.717) is 0 Å². The molecule has 0 amide bonds. The summed E-state index contributed by atoms with van der Waals surface area (Å²) in [5, 5.41) is 17.9. The van der Waals surface area contributed by atoms with E-state index in [0.717, 1.165) is 6.08 Å². The van der Waals surface area contributed by atoms with Gasteiger partial charge < -0.3 is 10.2 Å². The van der Waals surface area contributed by atoms with Gasteiger partial charge in [0, 0.05) is 0 Å². The first-order valence-corrected chi connectivity index (χ1v) is 5.41. The minimum atomic E-state index is -4.20. The molecule has 0 saturated heterocycles. The summed E-state index contributed by atoms with van der Waals surface area (Å²) < 4.78 is 28.8. The van der Waals surface area contributed by atoms with Gasteiger partial charge in [-0.1, -0.05) is 0 Å². The molecule has 14 heavy (non-hydrogen) atoms. The Morgan fingerprint density at radius 1 is 1.50 bits per heavy atom. The third-order valence-electron chi connectivity index (χ3n) is 1.48. The van der Waals surface area contributed by atoms with Gasteiger partial charge in [0.1, 0.15) is 6.10 Å². The second-order valence-corrected chi connectivity index (χ2v) is 4.20. The average Bonchev–Trinajstić information content (AvgIpc) is 2.10. The maximum absolute atomic E-state index is 10.9. The average molecular weight is 224 g/mol. The monoisotopic (exact) mass is 224 g/mol. The third kappa shape index (κ3) is 4.95. The predicted octanol–water partition coefficient (Wildman–Crippen LogP) is -0.344. The molecule has 0 rings (SSSR count). The van der Waals surface area contributed by atoms with Gasteiger partial charge in [-0.3, -0.25) is 9.35 Å². The lowest BCUT2D eigenvalue weighted by atomic mass is 10.1. The predicted molar refractivity (Wildman–Crippen MR) is 48.4 cm³/mol. The number of carbonyl (C=O) groups excluding carboxylic acids is 1. The van der Waals surface area contributed by atoms with Crippen molar-refractivity contribution >= 4 is 15.9 Å². The van der Waals surface area contributed by atoms with Crippen LogP contribution in [0.15, 0.2) is 11.8 Å². The van der Waals surface area contributed by atoms with E-state index >= 15 is 0 Å². The lowest BCUT2D eigenvalue weighted by Gasteiger charge is -2.06. The van der Waals surface area contributed by atoms with E-state index in [9.17, 15) is 13.2 Å². The quantitative estimate of drug-likeness (QED) is 0.334. The zero-order valence-electron chi connectivity index (χ0n) is 7.54. The number of hydrogen-bond donors (Lipinski definition) is 3. The summed E-state index contributed by atoms with van der Waals surface area (Å²) in [6.07, 6.45) is -0.984. The van der Waals surface area contributed by atoms with E-state index in [1.54, 1.807) is 0 Å². The molecule has 7 heteroatoms. The van der Waals surface area contributed by atoms with Crippen molar-refractivity contribution in [3.63, 3.8) is 0 Å². The van der Waals surface area contributed by atoms with Crippen molar-refractivity contribution in [2.45, 2.75) is 19.4 Å². The van der Waals surface area contributed by atoms with Crippen molar-refractivity contribution in [1.82, 2.24) is 0 Å². The van der Waals surface area contributed by atoms with E-state index in [4.69, 9.17) is 14.8 Å². The normalized spacial score (nSPS) is 15.2. The van der Waals surface area contributed by atoms with Crippen LogP contribution in [0.25, 0.3) is 0 Å². The highest BCUT2D eigenvalue weighted by molar-refractivity contribution is 7.85. The van der Waals surface area contributed by atoms with E-state index in [1.165, 1.54) is 6.92 Å². The van der Waals surface area contributed by atoms with Crippen LogP contribution in [0, 0.1) is 0 Å². The Kier molecular flexibility index (Phi) is 4.75. The first kappa shape index (κ1) is 13.1. The molecule has 6 nitrogen and oxygen atoms in total. The molecule has 0 radical (unpaired) electrons. The highest BCUT2D eigenvalue weighted by Gasteiger charge is 2.20. The fourth-order valence-corrected chi connectivity index (χ4v) is 1.23. The van der Waals surface area contributed by atoms with Crippen molar-refractivity contribution in [3.05, 3.63) is 11.8 Å². The Labute approximate surface area is 81.6 Å². The van der Waals surface area contributed by atoms with Crippen LogP contribution in [0.3, 0.4) is 0 Å². The number of Topliss-reactive ketones (excluding diaryl/α,β-unsaturated/α-hetero) is 1. The number of hydrogen-bond acceptors (Lipinski definition) is 5. The highest BCUT2D eigenvalue weighted by atomic mass is 32.2. The zero-order chi connectivity index (χ0) is 11.4. The molecule has 0 saturated carbocycles. The summed E-state index contributed by atoms with van der Waals surface area (Å²) >= 11 is 0. The molecule has 1 unspecified atom stereocenters. The zero-order valence-corrected chi connectivity index (χ0v) is 8.36. The van der Waals surface area contributed by atoms with Gasteiger partial charge in [-0.2, -0.15) is 8.42 Å². The van der Waals surface area contributed by atoms with Gasteiger partial charge >= 0.3 is 0 Å². The Balaban J connectivity index is 4.24. The number of aliphatic hydroxyl groups excluding tert-OH is 2. The molecule has 82 valence electrons. The summed E-state index contributed by atoms with van der Waals surface area (Å²) in [6, 6.07) is 0. The van der Waals surface area contributed by atoms with Gasteiger partial charge in [-0.15, -0.1) is 0 Å². The van der Waals surface area contributed by atoms with Gasteiger partial charge in [0.2, 0.25) is 5.78 Å². The molecule has 0 fully saturated rings. The van der Waals surface area contributed by atoms with E-state index in [-0.39, 0.29) is 0 Å². The number of rotatable bonds is 5. The Morgan fingerprint density at radius 2 is 2.00 bits per heavy atom. The van der Waals surface area contributed by atoms with Crippen LogP contribution in [-0.4, -0.2) is 40.8 Å². The number of carbonyl (C=O) groups is 1. The summed E-state index contributed by atoms with van der Waals surface area (Å²) in [5.41, 5.74) is 0. The Bertz CT molecular complexity index is 328. The summed E-state index contributed by atoms with van der Waals surface area (Å²) in [6.45, 7) is 1.39. The SMILES string of the molecule is CC=C(O)C(=O)C(O)CCS(=O)(=O)O. The second kappa shape index (κ2) is 5.08. The molecule has 0 aromatic heterocycles. The molecule has 0 aliphatic rings. The van der Waals surface area contributed by atoms with Gasteiger partial charge in [0.05, 0.1) is 5.75 Å². The number of allylic oxidation sites excluding steroid dienone is 1. The highest BCUT2D eigenvalue weighted by Crippen LogP contribution is 2.02. The fraction of sp³-hybridized carbons (Fsp3) is 0.571. The molecule has 1 atom stereocenters. The van der Waals surface area contributed by atoms with Crippen molar-refractivity contribution in [3.8, 4) is 0 Å². The van der Waals surface area contributed by atoms with Gasteiger partial charge in [-0.05, 0) is 19.4 Å². The molecule has 0 heterocycles. The third-order valence-corrected chi connectivity index (χ3v) is 2.23. The summed E-state index contributed by atoms with van der Waals surface area (Å²) in [7, 11) is -4.20. The molecule has 0 aromatic carbocycles. The minimum Gasteiger partial charge on any atom is -0.505 e. The lowest BCUT2D eigenvalue weighted by molar-refractivity contribution is -0.125. The maximum atomic E-state index is 10.9. The van der Waals surface area contributed by atoms with E-state index < -0.39 is 39.9 Å². The van der Waals surface area contributed by atoms with Crippen molar-refractivity contribution in [1.29, 1.82) is 0 Å². The van der Waals surface area contributed by atoms with Crippen LogP contribution >= 0.6 is 0 Å². The standard InChI is InChI=1S/C7H12O6S/c1-2-5(8)7(10)6(9)3-4-14(11,12)13/h2,6,8-9H,3-4H2,1H3,(H,11,12,13). The van der Waals surface area contributed by atoms with Gasteiger partial charge in [0.25, 0.3) is 10.1 Å². The molecule has 0 bridgehead atoms. The number of ketones is 1. The lowest BCUT2D eigenvalue weighted by Crippen LogP contribution is -2.25. The van der Waals surface area contributed by atoms with Crippen molar-refractivity contribution in [2.24, 2.45) is 0 Å². The van der Waals surface area contributed by atoms with E-state index in [2.05, 4.69) is 0 Å². The van der Waals surface area contributed by atoms with Crippen LogP contribution in [0.2, 0.25) is 0 Å². The molecule has 0 spiro atoms. The summed E-state index contributed by atoms with van der Waals surface area (Å²) in [4.78, 5) is 10.9. The smallest absolute Gasteiger partial charge is 0.264 e. The molecule has 0 aliphatic carbocycles. The Hall–Kier alpha value is -0.920. The minimum absolute atomic E-state index is 0.449. The number of aliphatic hydroxyl groups is 2. The van der Waals surface area contributed by atoms with Crippen LogP contribution in [-0.2, 0) is 14.9 Å². The first-order valence-electron chi connectivity index (χ1n) is 3.80. The molecular weight excluding hydrogens is 212 g/mol. The fourth-order valence-electron chi connectivity index (χ4n) is 0.705. The van der Waals surface area contributed by atoms with E-state index in [1.807, 2.05) is 0 Å². The maximum Gasteiger partial charge on any atom is 0.264 e. The second-order valence-electron chi connectivity index (χ2n) is 2.63. The summed E-state index contributed by atoms with van der Waals surface area (Å²) in [5.74, 6) is -2.32. The van der Waals surface area contributed by atoms with Crippen molar-refractivity contribution in [2.75, 3.05) is 5.75 Å². The molecule has 0 aromatic rings. The Morgan fingerprint density at radius 3 is 2.36 bits per heavy atom. The first-order chi connectivity index (χ1) is 6.28. The molecule has 0 aliphatic heterocycles. The molecule has 3 N–H and O–H groups in total. The molecular formula is C7H12O6S.